The number of hydrogen-bond donors (Lipinski definition) is 0. The molecule has 1 aliphatic carbocycles. The Morgan fingerprint density at radius 3 is 2.28 bits per heavy atom. The van der Waals surface area contributed by atoms with Crippen LogP contribution in [-0.4, -0.2) is 48.9 Å². The number of rotatable bonds is 2. The van der Waals surface area contributed by atoms with Gasteiger partial charge in [-0.05, 0) is 31.0 Å². The molecule has 2 aliphatic heterocycles. The lowest BCUT2D eigenvalue weighted by molar-refractivity contribution is -0.122. The number of carbonyl (C=O) groups excluding carboxylic acids is 3. The van der Waals surface area contributed by atoms with Gasteiger partial charge in [-0.25, -0.2) is 0 Å². The van der Waals surface area contributed by atoms with Crippen molar-refractivity contribution in [3.8, 4) is 0 Å². The van der Waals surface area contributed by atoms with Crippen LogP contribution in [0.4, 0.5) is 5.69 Å². The zero-order chi connectivity index (χ0) is 17.4. The van der Waals surface area contributed by atoms with Gasteiger partial charge in [-0.1, -0.05) is 18.2 Å². The van der Waals surface area contributed by atoms with Crippen molar-refractivity contribution in [2.75, 3.05) is 31.2 Å². The highest BCUT2D eigenvalue weighted by Gasteiger charge is 2.47. The lowest BCUT2D eigenvalue weighted by Gasteiger charge is -2.27. The normalized spacial score (nSPS) is 26.1. The van der Waals surface area contributed by atoms with Crippen LogP contribution < -0.4 is 4.90 Å². The maximum Gasteiger partial charge on any atom is 0.254 e. The number of morpholine rings is 1. The van der Waals surface area contributed by atoms with Crippen molar-refractivity contribution in [1.29, 1.82) is 0 Å². The Labute approximate surface area is 146 Å². The molecule has 0 N–H and O–H groups in total. The molecule has 3 amide bonds. The van der Waals surface area contributed by atoms with E-state index in [9.17, 15) is 14.4 Å². The molecule has 3 aliphatic rings. The molecule has 2 atom stereocenters. The third-order valence-corrected chi connectivity index (χ3v) is 5.16. The smallest absolute Gasteiger partial charge is 0.254 e. The Kier molecular flexibility index (Phi) is 4.13. The van der Waals surface area contributed by atoms with Crippen LogP contribution in [0.25, 0.3) is 0 Å². The maximum atomic E-state index is 12.7. The van der Waals surface area contributed by atoms with Gasteiger partial charge in [0.2, 0.25) is 11.8 Å². The quantitative estimate of drug-likeness (QED) is 0.606. The fourth-order valence-corrected chi connectivity index (χ4v) is 3.78. The number of carbonyl (C=O) groups is 3. The van der Waals surface area contributed by atoms with E-state index < -0.39 is 0 Å². The molecule has 0 unspecified atom stereocenters. The first-order valence-electron chi connectivity index (χ1n) is 8.66. The number of anilines is 1. The van der Waals surface area contributed by atoms with E-state index in [1.807, 2.05) is 12.2 Å². The van der Waals surface area contributed by atoms with Gasteiger partial charge >= 0.3 is 0 Å². The van der Waals surface area contributed by atoms with Crippen molar-refractivity contribution in [2.24, 2.45) is 11.8 Å². The molecule has 6 nitrogen and oxygen atoms in total. The van der Waals surface area contributed by atoms with Crippen LogP contribution in [0.3, 0.4) is 0 Å². The van der Waals surface area contributed by atoms with Gasteiger partial charge in [0.25, 0.3) is 5.91 Å². The summed E-state index contributed by atoms with van der Waals surface area (Å²) in [6.07, 6.45) is 5.15. The van der Waals surface area contributed by atoms with E-state index in [2.05, 4.69) is 0 Å². The standard InChI is InChI=1S/C19H20N2O4/c22-17(20-8-10-25-11-9-20)13-4-3-5-14(12-13)21-18(23)15-6-1-2-7-16(15)19(21)24/h1-5,12,15-16H,6-11H2/t15-,16-/m0/s1. The van der Waals surface area contributed by atoms with Crippen LogP contribution >= 0.6 is 0 Å². The third kappa shape index (κ3) is 2.76. The van der Waals surface area contributed by atoms with Crippen molar-refractivity contribution >= 4 is 23.4 Å². The Morgan fingerprint density at radius 2 is 1.64 bits per heavy atom. The summed E-state index contributed by atoms with van der Waals surface area (Å²) in [5.74, 6) is -0.943. The summed E-state index contributed by atoms with van der Waals surface area (Å²) >= 11 is 0. The number of benzene rings is 1. The predicted octanol–water partition coefficient (Wildman–Crippen LogP) is 1.61. The molecule has 2 saturated heterocycles. The molecule has 1 aromatic carbocycles. The van der Waals surface area contributed by atoms with Gasteiger partial charge in [0.05, 0.1) is 30.7 Å². The minimum absolute atomic E-state index is 0.0941. The Balaban J connectivity index is 1.60. The number of allylic oxidation sites excluding steroid dienone is 2. The van der Waals surface area contributed by atoms with Crippen LogP contribution in [0, 0.1) is 11.8 Å². The molecule has 2 heterocycles. The monoisotopic (exact) mass is 340 g/mol. The number of hydrogen-bond acceptors (Lipinski definition) is 4. The molecule has 4 rings (SSSR count). The largest absolute Gasteiger partial charge is 0.378 e. The van der Waals surface area contributed by atoms with Crippen molar-refractivity contribution in [3.63, 3.8) is 0 Å². The molecular formula is C19H20N2O4. The summed E-state index contributed by atoms with van der Waals surface area (Å²) in [5.41, 5.74) is 0.983. The van der Waals surface area contributed by atoms with E-state index in [1.54, 1.807) is 29.2 Å². The highest BCUT2D eigenvalue weighted by atomic mass is 16.5. The van der Waals surface area contributed by atoms with Gasteiger partial charge in [-0.2, -0.15) is 0 Å². The van der Waals surface area contributed by atoms with Crippen molar-refractivity contribution in [3.05, 3.63) is 42.0 Å². The molecule has 25 heavy (non-hydrogen) atoms. The van der Waals surface area contributed by atoms with E-state index in [-0.39, 0.29) is 29.6 Å². The summed E-state index contributed by atoms with van der Waals surface area (Å²) in [5, 5.41) is 0. The van der Waals surface area contributed by atoms with Gasteiger partial charge in [0, 0.05) is 18.7 Å². The molecule has 1 aromatic rings. The topological polar surface area (TPSA) is 66.9 Å². The van der Waals surface area contributed by atoms with Crippen molar-refractivity contribution in [2.45, 2.75) is 12.8 Å². The maximum absolute atomic E-state index is 12.7. The number of fused-ring (bicyclic) bond motifs is 1. The zero-order valence-corrected chi connectivity index (χ0v) is 13.9. The van der Waals surface area contributed by atoms with Gasteiger partial charge in [-0.15, -0.1) is 0 Å². The average molecular weight is 340 g/mol. The number of imide groups is 1. The number of amides is 3. The fourth-order valence-electron chi connectivity index (χ4n) is 3.78. The highest BCUT2D eigenvalue weighted by Crippen LogP contribution is 2.37. The molecule has 130 valence electrons. The first-order chi connectivity index (χ1) is 12.2. The molecule has 0 bridgehead atoms. The SMILES string of the molecule is O=C(c1cccc(N2C(=O)[C@H]3CC=CC[C@@H]3C2=O)c1)N1CCOCC1. The van der Waals surface area contributed by atoms with E-state index in [0.29, 0.717) is 50.4 Å². The van der Waals surface area contributed by atoms with Gasteiger partial charge in [0.15, 0.2) is 0 Å². The second-order valence-corrected chi connectivity index (χ2v) is 6.62. The van der Waals surface area contributed by atoms with Gasteiger partial charge in [-0.3, -0.25) is 19.3 Å². The van der Waals surface area contributed by atoms with Crippen LogP contribution in [0.2, 0.25) is 0 Å². The molecule has 2 fully saturated rings. The number of nitrogens with zero attached hydrogens (tertiary/aromatic N) is 2. The zero-order valence-electron chi connectivity index (χ0n) is 13.9. The first kappa shape index (κ1) is 16.0. The molecule has 0 spiro atoms. The minimum Gasteiger partial charge on any atom is -0.378 e. The van der Waals surface area contributed by atoms with E-state index in [1.165, 1.54) is 4.90 Å². The molecule has 0 radical (unpaired) electrons. The molecular weight excluding hydrogens is 320 g/mol. The average Bonchev–Trinajstić information content (AvgIpc) is 2.93. The fraction of sp³-hybridized carbons (Fsp3) is 0.421. The van der Waals surface area contributed by atoms with Crippen molar-refractivity contribution < 1.29 is 19.1 Å². The summed E-state index contributed by atoms with van der Waals surface area (Å²) in [7, 11) is 0. The number of ether oxygens (including phenoxy) is 1. The van der Waals surface area contributed by atoms with Crippen LogP contribution in [0.15, 0.2) is 36.4 Å². The van der Waals surface area contributed by atoms with Crippen LogP contribution in [0.1, 0.15) is 23.2 Å². The molecule has 6 heteroatoms. The molecule has 0 aromatic heterocycles. The second-order valence-electron chi connectivity index (χ2n) is 6.62. The highest BCUT2D eigenvalue weighted by molar-refractivity contribution is 6.22. The Hall–Kier alpha value is -2.47. The van der Waals surface area contributed by atoms with Crippen molar-refractivity contribution in [1.82, 2.24) is 4.90 Å². The summed E-state index contributed by atoms with van der Waals surface area (Å²) in [6.45, 7) is 2.18. The Morgan fingerprint density at radius 1 is 1.00 bits per heavy atom. The predicted molar refractivity (Wildman–Crippen MR) is 91.0 cm³/mol. The van der Waals surface area contributed by atoms with Crippen LogP contribution in [-0.2, 0) is 14.3 Å². The van der Waals surface area contributed by atoms with Crippen LogP contribution in [0.5, 0.6) is 0 Å². The lowest BCUT2D eigenvalue weighted by Crippen LogP contribution is -2.40. The summed E-state index contributed by atoms with van der Waals surface area (Å²) in [6, 6.07) is 6.82. The van der Waals surface area contributed by atoms with Gasteiger partial charge in [0.1, 0.15) is 0 Å². The van der Waals surface area contributed by atoms with E-state index >= 15 is 0 Å². The lowest BCUT2D eigenvalue weighted by atomic mass is 9.85. The van der Waals surface area contributed by atoms with E-state index in [4.69, 9.17) is 4.74 Å². The Bertz CT molecular complexity index is 726. The minimum atomic E-state index is -0.267. The summed E-state index contributed by atoms with van der Waals surface area (Å²) < 4.78 is 5.28. The molecule has 0 saturated carbocycles. The second kappa shape index (κ2) is 6.44. The first-order valence-corrected chi connectivity index (χ1v) is 8.66. The van der Waals surface area contributed by atoms with Gasteiger partial charge < -0.3 is 9.64 Å². The summed E-state index contributed by atoms with van der Waals surface area (Å²) in [4.78, 5) is 41.0. The van der Waals surface area contributed by atoms with E-state index in [0.717, 1.165) is 0 Å². The third-order valence-electron chi connectivity index (χ3n) is 5.16.